The molecular formula is C15H24N2O2S. The fraction of sp³-hybridized carbons (Fsp3) is 0.667. The summed E-state index contributed by atoms with van der Waals surface area (Å²) in [4.78, 5) is 15.1. The summed E-state index contributed by atoms with van der Waals surface area (Å²) in [5.41, 5.74) is 5.85. The molecule has 2 atom stereocenters. The van der Waals surface area contributed by atoms with Crippen molar-refractivity contribution in [2.24, 2.45) is 11.7 Å². The molecular weight excluding hydrogens is 272 g/mol. The fourth-order valence-electron chi connectivity index (χ4n) is 2.46. The lowest BCUT2D eigenvalue weighted by Gasteiger charge is -2.25. The zero-order chi connectivity index (χ0) is 14.8. The van der Waals surface area contributed by atoms with Crippen molar-refractivity contribution < 1.29 is 9.53 Å². The summed E-state index contributed by atoms with van der Waals surface area (Å²) in [7, 11) is 0. The van der Waals surface area contributed by atoms with E-state index in [-0.39, 0.29) is 12.1 Å². The van der Waals surface area contributed by atoms with Gasteiger partial charge in [0.05, 0.1) is 0 Å². The Kier molecular flexibility index (Phi) is 4.70. The molecule has 1 amide bonds. The third kappa shape index (κ3) is 4.21. The van der Waals surface area contributed by atoms with Crippen molar-refractivity contribution in [1.82, 2.24) is 4.90 Å². The summed E-state index contributed by atoms with van der Waals surface area (Å²) in [6.45, 7) is 7.13. The molecule has 4 nitrogen and oxygen atoms in total. The molecule has 2 unspecified atom stereocenters. The molecule has 0 aromatic carbocycles. The topological polar surface area (TPSA) is 55.6 Å². The van der Waals surface area contributed by atoms with Gasteiger partial charge in [0.25, 0.3) is 0 Å². The molecule has 1 fully saturated rings. The van der Waals surface area contributed by atoms with E-state index in [2.05, 4.69) is 11.4 Å². The van der Waals surface area contributed by atoms with Crippen LogP contribution in [0.15, 0.2) is 17.5 Å². The van der Waals surface area contributed by atoms with E-state index in [0.717, 1.165) is 19.4 Å². The average Bonchev–Trinajstić information content (AvgIpc) is 2.96. The molecule has 0 bridgehead atoms. The van der Waals surface area contributed by atoms with Gasteiger partial charge >= 0.3 is 6.09 Å². The van der Waals surface area contributed by atoms with Gasteiger partial charge in [-0.25, -0.2) is 4.79 Å². The summed E-state index contributed by atoms with van der Waals surface area (Å²) < 4.78 is 5.40. The zero-order valence-electron chi connectivity index (χ0n) is 12.5. The fourth-order valence-corrected chi connectivity index (χ4v) is 3.23. The number of carbonyl (C=O) groups excluding carboxylic acids is 1. The number of carbonyl (C=O) groups is 1. The average molecular weight is 296 g/mol. The Labute approximate surface area is 124 Å². The molecule has 5 heteroatoms. The third-order valence-corrected chi connectivity index (χ3v) is 4.40. The number of amides is 1. The van der Waals surface area contributed by atoms with E-state index in [0.29, 0.717) is 12.5 Å². The Bertz CT molecular complexity index is 439. The standard InChI is InChI=1S/C15H24N2O2S/c1-15(2,3)19-14(18)17-7-6-11(10-17)13(16)9-12-5-4-8-20-12/h4-5,8,11,13H,6-7,9-10,16H2,1-3H3. The first-order chi connectivity index (χ1) is 9.35. The van der Waals surface area contributed by atoms with Crippen molar-refractivity contribution in [3.05, 3.63) is 22.4 Å². The molecule has 2 N–H and O–H groups in total. The second kappa shape index (κ2) is 6.14. The molecule has 0 spiro atoms. The molecule has 0 aliphatic carbocycles. The lowest BCUT2D eigenvalue weighted by atomic mass is 9.96. The quantitative estimate of drug-likeness (QED) is 0.933. The minimum absolute atomic E-state index is 0.112. The van der Waals surface area contributed by atoms with Crippen molar-refractivity contribution in [2.45, 2.75) is 45.3 Å². The lowest BCUT2D eigenvalue weighted by Crippen LogP contribution is -2.38. The number of nitrogens with zero attached hydrogens (tertiary/aromatic N) is 1. The van der Waals surface area contributed by atoms with Crippen LogP contribution in [0.1, 0.15) is 32.1 Å². The van der Waals surface area contributed by atoms with E-state index in [4.69, 9.17) is 10.5 Å². The van der Waals surface area contributed by atoms with Crippen LogP contribution in [-0.4, -0.2) is 35.7 Å². The first-order valence-electron chi connectivity index (χ1n) is 7.11. The van der Waals surface area contributed by atoms with Crippen LogP contribution in [0, 0.1) is 5.92 Å². The molecule has 2 rings (SSSR count). The highest BCUT2D eigenvalue weighted by molar-refractivity contribution is 7.09. The smallest absolute Gasteiger partial charge is 0.410 e. The van der Waals surface area contributed by atoms with E-state index in [9.17, 15) is 4.79 Å². The minimum atomic E-state index is -0.436. The van der Waals surface area contributed by atoms with Crippen molar-refractivity contribution >= 4 is 17.4 Å². The van der Waals surface area contributed by atoms with Gasteiger partial charge in [-0.2, -0.15) is 0 Å². The first kappa shape index (κ1) is 15.3. The van der Waals surface area contributed by atoms with Gasteiger partial charge < -0.3 is 15.4 Å². The number of hydrogen-bond acceptors (Lipinski definition) is 4. The van der Waals surface area contributed by atoms with Gasteiger partial charge in [-0.05, 0) is 51.0 Å². The molecule has 112 valence electrons. The second-order valence-corrected chi connectivity index (χ2v) is 7.45. The predicted molar refractivity (Wildman–Crippen MR) is 81.9 cm³/mol. The molecule has 2 heterocycles. The largest absolute Gasteiger partial charge is 0.444 e. The zero-order valence-corrected chi connectivity index (χ0v) is 13.3. The van der Waals surface area contributed by atoms with Crippen LogP contribution >= 0.6 is 11.3 Å². The maximum Gasteiger partial charge on any atom is 0.410 e. The van der Waals surface area contributed by atoms with Crippen LogP contribution in [0.25, 0.3) is 0 Å². The Morgan fingerprint density at radius 1 is 1.60 bits per heavy atom. The highest BCUT2D eigenvalue weighted by Crippen LogP contribution is 2.24. The summed E-state index contributed by atoms with van der Waals surface area (Å²) in [6, 6.07) is 4.28. The van der Waals surface area contributed by atoms with Crippen molar-refractivity contribution in [3.8, 4) is 0 Å². The van der Waals surface area contributed by atoms with Crippen molar-refractivity contribution in [2.75, 3.05) is 13.1 Å². The molecule has 1 saturated heterocycles. The van der Waals surface area contributed by atoms with Crippen LogP contribution in [0.5, 0.6) is 0 Å². The van der Waals surface area contributed by atoms with E-state index < -0.39 is 5.60 Å². The summed E-state index contributed by atoms with van der Waals surface area (Å²) in [5, 5.41) is 2.07. The Morgan fingerprint density at radius 2 is 2.35 bits per heavy atom. The van der Waals surface area contributed by atoms with E-state index in [1.807, 2.05) is 26.8 Å². The normalized spacial score (nSPS) is 21.0. The molecule has 1 aliphatic rings. The molecule has 1 aromatic heterocycles. The van der Waals surface area contributed by atoms with E-state index in [1.165, 1.54) is 4.88 Å². The maximum absolute atomic E-state index is 12.0. The van der Waals surface area contributed by atoms with Crippen LogP contribution in [0.3, 0.4) is 0 Å². The van der Waals surface area contributed by atoms with Gasteiger partial charge in [0, 0.05) is 24.0 Å². The van der Waals surface area contributed by atoms with Gasteiger partial charge in [-0.15, -0.1) is 11.3 Å². The first-order valence-corrected chi connectivity index (χ1v) is 7.99. The van der Waals surface area contributed by atoms with Gasteiger partial charge in [0.15, 0.2) is 0 Å². The van der Waals surface area contributed by atoms with Gasteiger partial charge in [-0.1, -0.05) is 6.07 Å². The number of likely N-dealkylation sites (tertiary alicyclic amines) is 1. The summed E-state index contributed by atoms with van der Waals surface area (Å²) in [6.07, 6.45) is 1.64. The monoisotopic (exact) mass is 296 g/mol. The number of hydrogen-bond donors (Lipinski definition) is 1. The molecule has 0 radical (unpaired) electrons. The highest BCUT2D eigenvalue weighted by atomic mass is 32.1. The Morgan fingerprint density at radius 3 is 2.95 bits per heavy atom. The van der Waals surface area contributed by atoms with Crippen LogP contribution in [0.4, 0.5) is 4.79 Å². The minimum Gasteiger partial charge on any atom is -0.444 e. The predicted octanol–water partition coefficient (Wildman–Crippen LogP) is 2.87. The van der Waals surface area contributed by atoms with E-state index in [1.54, 1.807) is 16.2 Å². The van der Waals surface area contributed by atoms with Gasteiger partial charge in [0.2, 0.25) is 0 Å². The van der Waals surface area contributed by atoms with Crippen LogP contribution < -0.4 is 5.73 Å². The second-order valence-electron chi connectivity index (χ2n) is 6.42. The van der Waals surface area contributed by atoms with Crippen molar-refractivity contribution in [1.29, 1.82) is 0 Å². The molecule has 0 saturated carbocycles. The van der Waals surface area contributed by atoms with Gasteiger partial charge in [-0.3, -0.25) is 0 Å². The SMILES string of the molecule is CC(C)(C)OC(=O)N1CCC(C(N)Cc2cccs2)C1. The third-order valence-electron chi connectivity index (χ3n) is 3.50. The lowest BCUT2D eigenvalue weighted by molar-refractivity contribution is 0.0286. The maximum atomic E-state index is 12.0. The number of ether oxygens (including phenoxy) is 1. The Hall–Kier alpha value is -1.07. The van der Waals surface area contributed by atoms with Gasteiger partial charge in [0.1, 0.15) is 5.60 Å². The van der Waals surface area contributed by atoms with Crippen molar-refractivity contribution in [3.63, 3.8) is 0 Å². The highest BCUT2D eigenvalue weighted by Gasteiger charge is 2.32. The molecule has 20 heavy (non-hydrogen) atoms. The number of thiophene rings is 1. The number of rotatable bonds is 3. The molecule has 1 aliphatic heterocycles. The number of nitrogens with two attached hydrogens (primary N) is 1. The van der Waals surface area contributed by atoms with Crippen LogP contribution in [-0.2, 0) is 11.2 Å². The van der Waals surface area contributed by atoms with E-state index >= 15 is 0 Å². The Balaban J connectivity index is 1.84. The molecule has 1 aromatic rings. The van der Waals surface area contributed by atoms with Crippen LogP contribution in [0.2, 0.25) is 0 Å². The summed E-state index contributed by atoms with van der Waals surface area (Å²) >= 11 is 1.74. The summed E-state index contributed by atoms with van der Waals surface area (Å²) in [5.74, 6) is 0.365.